The lowest BCUT2D eigenvalue weighted by Gasteiger charge is -2.21. The third-order valence-electron chi connectivity index (χ3n) is 2.94. The molecule has 0 fully saturated rings. The SMILES string of the molecule is CCC(C)[C@@H](N)c1cc(C(F)(F)F)ccc1Cl. The summed E-state index contributed by atoms with van der Waals surface area (Å²) in [6.45, 7) is 3.83. The summed E-state index contributed by atoms with van der Waals surface area (Å²) in [4.78, 5) is 0. The highest BCUT2D eigenvalue weighted by molar-refractivity contribution is 6.31. The first-order valence-electron chi connectivity index (χ1n) is 5.39. The fourth-order valence-corrected chi connectivity index (χ4v) is 1.78. The van der Waals surface area contributed by atoms with Crippen LogP contribution in [0.4, 0.5) is 13.2 Å². The second-order valence-corrected chi connectivity index (χ2v) is 4.55. The number of nitrogens with two attached hydrogens (primary N) is 1. The van der Waals surface area contributed by atoms with Crippen molar-refractivity contribution in [1.29, 1.82) is 0 Å². The summed E-state index contributed by atoms with van der Waals surface area (Å²) in [5.41, 5.74) is 5.56. The minimum Gasteiger partial charge on any atom is -0.324 e. The summed E-state index contributed by atoms with van der Waals surface area (Å²) in [6, 6.07) is 2.78. The molecule has 2 atom stereocenters. The number of alkyl halides is 3. The van der Waals surface area contributed by atoms with Gasteiger partial charge in [0.05, 0.1) is 5.56 Å². The zero-order valence-electron chi connectivity index (χ0n) is 9.68. The lowest BCUT2D eigenvalue weighted by molar-refractivity contribution is -0.137. The summed E-state index contributed by atoms with van der Waals surface area (Å²) in [5.74, 6) is 0.0796. The highest BCUT2D eigenvalue weighted by Crippen LogP contribution is 2.35. The fraction of sp³-hybridized carbons (Fsp3) is 0.500. The van der Waals surface area contributed by atoms with E-state index < -0.39 is 17.8 Å². The van der Waals surface area contributed by atoms with Crippen molar-refractivity contribution in [3.8, 4) is 0 Å². The van der Waals surface area contributed by atoms with Crippen molar-refractivity contribution in [1.82, 2.24) is 0 Å². The van der Waals surface area contributed by atoms with Crippen LogP contribution in [0.2, 0.25) is 5.02 Å². The molecule has 0 radical (unpaired) electrons. The topological polar surface area (TPSA) is 26.0 Å². The first kappa shape index (κ1) is 14.3. The second kappa shape index (κ2) is 5.27. The molecule has 0 aliphatic rings. The molecular formula is C12H15ClF3N. The zero-order chi connectivity index (χ0) is 13.2. The van der Waals surface area contributed by atoms with E-state index in [4.69, 9.17) is 17.3 Å². The van der Waals surface area contributed by atoms with Gasteiger partial charge in [-0.25, -0.2) is 0 Å². The van der Waals surface area contributed by atoms with Crippen LogP contribution in [0.15, 0.2) is 18.2 Å². The van der Waals surface area contributed by atoms with Crippen LogP contribution >= 0.6 is 11.6 Å². The van der Waals surface area contributed by atoms with Gasteiger partial charge in [0.25, 0.3) is 0 Å². The van der Waals surface area contributed by atoms with Gasteiger partial charge >= 0.3 is 6.18 Å². The lowest BCUT2D eigenvalue weighted by Crippen LogP contribution is -2.20. The Kier molecular flexibility index (Phi) is 4.44. The molecule has 0 heterocycles. The minimum atomic E-state index is -4.37. The van der Waals surface area contributed by atoms with E-state index in [0.717, 1.165) is 18.6 Å². The average Bonchev–Trinajstić information content (AvgIpc) is 2.26. The smallest absolute Gasteiger partial charge is 0.324 e. The van der Waals surface area contributed by atoms with E-state index in [-0.39, 0.29) is 10.9 Å². The third kappa shape index (κ3) is 3.36. The molecule has 0 spiro atoms. The Morgan fingerprint density at radius 2 is 1.94 bits per heavy atom. The molecule has 1 rings (SSSR count). The number of halogens is 4. The van der Waals surface area contributed by atoms with Crippen LogP contribution in [0.5, 0.6) is 0 Å². The summed E-state index contributed by atoms with van der Waals surface area (Å²) in [7, 11) is 0. The van der Waals surface area contributed by atoms with Crippen molar-refractivity contribution in [2.75, 3.05) is 0 Å². The Labute approximate surface area is 104 Å². The van der Waals surface area contributed by atoms with Gasteiger partial charge in [0, 0.05) is 11.1 Å². The molecule has 1 nitrogen and oxygen atoms in total. The third-order valence-corrected chi connectivity index (χ3v) is 3.28. The molecule has 2 N–H and O–H groups in total. The monoisotopic (exact) mass is 265 g/mol. The van der Waals surface area contributed by atoms with E-state index in [0.29, 0.717) is 5.56 Å². The molecule has 17 heavy (non-hydrogen) atoms. The normalized spacial score (nSPS) is 15.7. The van der Waals surface area contributed by atoms with Gasteiger partial charge in [-0.1, -0.05) is 31.9 Å². The van der Waals surface area contributed by atoms with Gasteiger partial charge in [0.2, 0.25) is 0 Å². The van der Waals surface area contributed by atoms with E-state index in [9.17, 15) is 13.2 Å². The van der Waals surface area contributed by atoms with Gasteiger partial charge in [-0.05, 0) is 29.7 Å². The Hall–Kier alpha value is -0.740. The van der Waals surface area contributed by atoms with Crippen LogP contribution < -0.4 is 5.73 Å². The Bertz CT molecular complexity index is 390. The maximum atomic E-state index is 12.6. The molecule has 0 aromatic heterocycles. The Morgan fingerprint density at radius 1 is 1.35 bits per heavy atom. The number of hydrogen-bond acceptors (Lipinski definition) is 1. The molecule has 1 aromatic rings. The van der Waals surface area contributed by atoms with Crippen molar-refractivity contribution < 1.29 is 13.2 Å². The molecule has 0 amide bonds. The fourth-order valence-electron chi connectivity index (χ4n) is 1.54. The molecule has 1 unspecified atom stereocenters. The molecule has 96 valence electrons. The standard InChI is InChI=1S/C12H15ClF3N/c1-3-7(2)11(17)9-6-8(12(14,15)16)4-5-10(9)13/h4-7,11H,3,17H2,1-2H3/t7?,11-/m1/s1. The van der Waals surface area contributed by atoms with E-state index >= 15 is 0 Å². The van der Waals surface area contributed by atoms with E-state index in [1.807, 2.05) is 13.8 Å². The van der Waals surface area contributed by atoms with Crippen LogP contribution in [0, 0.1) is 5.92 Å². The number of benzene rings is 1. The highest BCUT2D eigenvalue weighted by atomic mass is 35.5. The van der Waals surface area contributed by atoms with Gasteiger partial charge in [0.15, 0.2) is 0 Å². The maximum absolute atomic E-state index is 12.6. The molecule has 5 heteroatoms. The van der Waals surface area contributed by atoms with Gasteiger partial charge < -0.3 is 5.73 Å². The van der Waals surface area contributed by atoms with Crippen LogP contribution in [-0.2, 0) is 6.18 Å². The second-order valence-electron chi connectivity index (χ2n) is 4.15. The molecule has 1 aromatic carbocycles. The molecule has 0 saturated heterocycles. The van der Waals surface area contributed by atoms with Crippen molar-refractivity contribution in [2.45, 2.75) is 32.5 Å². The number of rotatable bonds is 3. The average molecular weight is 266 g/mol. The quantitative estimate of drug-likeness (QED) is 0.861. The van der Waals surface area contributed by atoms with Crippen molar-refractivity contribution >= 4 is 11.6 Å². The first-order chi connectivity index (χ1) is 7.77. The maximum Gasteiger partial charge on any atom is 0.416 e. The van der Waals surface area contributed by atoms with Crippen LogP contribution in [-0.4, -0.2) is 0 Å². The van der Waals surface area contributed by atoms with E-state index in [1.54, 1.807) is 0 Å². The van der Waals surface area contributed by atoms with Gasteiger partial charge in [0.1, 0.15) is 0 Å². The summed E-state index contributed by atoms with van der Waals surface area (Å²) >= 11 is 5.89. The molecule has 0 saturated carbocycles. The predicted molar refractivity (Wildman–Crippen MR) is 62.8 cm³/mol. The van der Waals surface area contributed by atoms with Gasteiger partial charge in [-0.3, -0.25) is 0 Å². The highest BCUT2D eigenvalue weighted by Gasteiger charge is 2.31. The predicted octanol–water partition coefficient (Wildman–Crippen LogP) is 4.40. The zero-order valence-corrected chi connectivity index (χ0v) is 10.4. The first-order valence-corrected chi connectivity index (χ1v) is 5.77. The Balaban J connectivity index is 3.15. The minimum absolute atomic E-state index is 0.0796. The molecule has 0 aliphatic heterocycles. The molecule has 0 bridgehead atoms. The number of hydrogen-bond donors (Lipinski definition) is 1. The van der Waals surface area contributed by atoms with Crippen LogP contribution in [0.3, 0.4) is 0 Å². The lowest BCUT2D eigenvalue weighted by atomic mass is 9.92. The largest absolute Gasteiger partial charge is 0.416 e. The van der Waals surface area contributed by atoms with Crippen molar-refractivity contribution in [3.05, 3.63) is 34.3 Å². The Morgan fingerprint density at radius 3 is 2.41 bits per heavy atom. The summed E-state index contributed by atoms with van der Waals surface area (Å²) < 4.78 is 37.7. The van der Waals surface area contributed by atoms with Crippen LogP contribution in [0.1, 0.15) is 37.4 Å². The molecule has 0 aliphatic carbocycles. The summed E-state index contributed by atoms with van der Waals surface area (Å²) in [6.07, 6.45) is -3.58. The molecular weight excluding hydrogens is 251 g/mol. The van der Waals surface area contributed by atoms with Crippen molar-refractivity contribution in [2.24, 2.45) is 11.7 Å². The summed E-state index contributed by atoms with van der Waals surface area (Å²) in [5, 5.41) is 0.283. The van der Waals surface area contributed by atoms with E-state index in [2.05, 4.69) is 0 Å². The van der Waals surface area contributed by atoms with E-state index in [1.165, 1.54) is 6.07 Å². The van der Waals surface area contributed by atoms with Crippen molar-refractivity contribution in [3.63, 3.8) is 0 Å². The van der Waals surface area contributed by atoms with Crippen LogP contribution in [0.25, 0.3) is 0 Å². The van der Waals surface area contributed by atoms with Gasteiger partial charge in [-0.15, -0.1) is 0 Å². The van der Waals surface area contributed by atoms with Gasteiger partial charge in [-0.2, -0.15) is 13.2 Å².